The summed E-state index contributed by atoms with van der Waals surface area (Å²) in [7, 11) is 0. The summed E-state index contributed by atoms with van der Waals surface area (Å²) in [6.45, 7) is 4.21. The van der Waals surface area contributed by atoms with Gasteiger partial charge in [-0.2, -0.15) is 0 Å². The van der Waals surface area contributed by atoms with E-state index in [4.69, 9.17) is 4.74 Å². The molecule has 0 saturated carbocycles. The third-order valence-corrected chi connectivity index (χ3v) is 3.20. The Morgan fingerprint density at radius 1 is 1.23 bits per heavy atom. The number of amides is 1. The predicted molar refractivity (Wildman–Crippen MR) is 84.3 cm³/mol. The molecule has 1 N–H and O–H groups in total. The smallest absolute Gasteiger partial charge is 0.307 e. The lowest BCUT2D eigenvalue weighted by Gasteiger charge is -2.23. The summed E-state index contributed by atoms with van der Waals surface area (Å²) in [6.07, 6.45) is 0.537. The molecule has 0 aliphatic heterocycles. The molecule has 0 spiro atoms. The van der Waals surface area contributed by atoms with Crippen molar-refractivity contribution in [1.82, 2.24) is 4.90 Å². The lowest BCUT2D eigenvalue weighted by atomic mass is 10.1. The van der Waals surface area contributed by atoms with Gasteiger partial charge in [0.05, 0.1) is 19.1 Å². The summed E-state index contributed by atoms with van der Waals surface area (Å²) in [5.41, 5.74) is 1.10. The van der Waals surface area contributed by atoms with Crippen LogP contribution in [0.3, 0.4) is 0 Å². The molecule has 0 aliphatic carbocycles. The van der Waals surface area contributed by atoms with Gasteiger partial charge in [-0.25, -0.2) is 0 Å². The van der Waals surface area contributed by atoms with Crippen LogP contribution in [0.15, 0.2) is 30.3 Å². The Labute approximate surface area is 131 Å². The first-order valence-electron chi connectivity index (χ1n) is 7.68. The molecule has 1 atom stereocenters. The first-order chi connectivity index (χ1) is 10.5. The van der Waals surface area contributed by atoms with E-state index in [9.17, 15) is 14.7 Å². The number of nitrogens with zero attached hydrogens (tertiary/aromatic N) is 1. The zero-order chi connectivity index (χ0) is 16.4. The molecule has 5 nitrogen and oxygen atoms in total. The van der Waals surface area contributed by atoms with Crippen molar-refractivity contribution in [2.45, 2.75) is 39.2 Å². The molecule has 0 saturated heterocycles. The van der Waals surface area contributed by atoms with Gasteiger partial charge in [0.25, 0.3) is 0 Å². The van der Waals surface area contributed by atoms with Gasteiger partial charge in [0.15, 0.2) is 0 Å². The number of rotatable bonds is 9. The molecule has 0 heterocycles. The van der Waals surface area contributed by atoms with Crippen molar-refractivity contribution in [2.75, 3.05) is 19.7 Å². The van der Waals surface area contributed by atoms with E-state index >= 15 is 0 Å². The van der Waals surface area contributed by atoms with E-state index in [0.29, 0.717) is 19.4 Å². The van der Waals surface area contributed by atoms with Crippen LogP contribution in [-0.2, 0) is 20.7 Å². The highest BCUT2D eigenvalue weighted by atomic mass is 16.5. The molecule has 1 amide bonds. The number of hydrogen-bond donors (Lipinski definition) is 1. The van der Waals surface area contributed by atoms with Gasteiger partial charge < -0.3 is 14.7 Å². The number of esters is 1. The number of hydrogen-bond acceptors (Lipinski definition) is 4. The Hall–Kier alpha value is -1.88. The molecule has 0 bridgehead atoms. The van der Waals surface area contributed by atoms with Gasteiger partial charge in [-0.15, -0.1) is 0 Å². The van der Waals surface area contributed by atoms with E-state index in [1.54, 1.807) is 13.8 Å². The number of benzene rings is 1. The number of aryl methyl sites for hydroxylation is 1. The fourth-order valence-electron chi connectivity index (χ4n) is 2.15. The second-order valence-corrected chi connectivity index (χ2v) is 5.23. The number of carbonyl (C=O) groups excluding carboxylic acids is 2. The van der Waals surface area contributed by atoms with Crippen LogP contribution in [0.4, 0.5) is 0 Å². The quantitative estimate of drug-likeness (QED) is 0.706. The van der Waals surface area contributed by atoms with E-state index in [0.717, 1.165) is 5.56 Å². The first-order valence-corrected chi connectivity index (χ1v) is 7.68. The Balaban J connectivity index is 2.50. The third kappa shape index (κ3) is 7.22. The van der Waals surface area contributed by atoms with Crippen molar-refractivity contribution in [3.8, 4) is 0 Å². The topological polar surface area (TPSA) is 66.8 Å². The first kappa shape index (κ1) is 18.2. The Morgan fingerprint density at radius 3 is 2.50 bits per heavy atom. The Morgan fingerprint density at radius 2 is 1.91 bits per heavy atom. The molecule has 5 heteroatoms. The number of aliphatic hydroxyl groups excluding tert-OH is 1. The van der Waals surface area contributed by atoms with Gasteiger partial charge in [0.1, 0.15) is 0 Å². The van der Waals surface area contributed by atoms with Crippen molar-refractivity contribution in [3.63, 3.8) is 0 Å². The molecule has 1 aromatic rings. The van der Waals surface area contributed by atoms with Gasteiger partial charge in [0.2, 0.25) is 5.91 Å². The van der Waals surface area contributed by atoms with Crippen LogP contribution in [0.5, 0.6) is 0 Å². The fraction of sp³-hybridized carbons (Fsp3) is 0.529. The van der Waals surface area contributed by atoms with E-state index in [-0.39, 0.29) is 31.4 Å². The van der Waals surface area contributed by atoms with Crippen LogP contribution < -0.4 is 0 Å². The second-order valence-electron chi connectivity index (χ2n) is 5.23. The summed E-state index contributed by atoms with van der Waals surface area (Å²) >= 11 is 0. The van der Waals surface area contributed by atoms with Crippen LogP contribution in [-0.4, -0.2) is 47.7 Å². The summed E-state index contributed by atoms with van der Waals surface area (Å²) in [5, 5.41) is 9.52. The molecule has 1 unspecified atom stereocenters. The lowest BCUT2D eigenvalue weighted by molar-refractivity contribution is -0.144. The third-order valence-electron chi connectivity index (χ3n) is 3.20. The maximum atomic E-state index is 12.3. The number of aliphatic hydroxyl groups is 1. The zero-order valence-corrected chi connectivity index (χ0v) is 13.3. The van der Waals surface area contributed by atoms with E-state index in [1.165, 1.54) is 4.90 Å². The molecule has 1 aromatic carbocycles. The average molecular weight is 307 g/mol. The summed E-state index contributed by atoms with van der Waals surface area (Å²) in [5.74, 6) is -0.386. The maximum absolute atomic E-state index is 12.3. The molecule has 1 rings (SSSR count). The molecule has 122 valence electrons. The number of ether oxygens (including phenoxy) is 1. The van der Waals surface area contributed by atoms with Crippen LogP contribution in [0, 0.1) is 0 Å². The van der Waals surface area contributed by atoms with E-state index in [1.807, 2.05) is 30.3 Å². The van der Waals surface area contributed by atoms with Crippen LogP contribution in [0.25, 0.3) is 0 Å². The minimum absolute atomic E-state index is 0.0611. The average Bonchev–Trinajstić information content (AvgIpc) is 2.50. The fourth-order valence-corrected chi connectivity index (χ4v) is 2.15. The molecule has 22 heavy (non-hydrogen) atoms. The molecule has 0 aliphatic rings. The van der Waals surface area contributed by atoms with E-state index < -0.39 is 6.10 Å². The Kier molecular flexibility index (Phi) is 8.22. The maximum Gasteiger partial charge on any atom is 0.307 e. The van der Waals surface area contributed by atoms with Crippen molar-refractivity contribution < 1.29 is 19.4 Å². The minimum Gasteiger partial charge on any atom is -0.466 e. The van der Waals surface area contributed by atoms with Gasteiger partial charge in [-0.05, 0) is 25.8 Å². The summed E-state index contributed by atoms with van der Waals surface area (Å²) in [4.78, 5) is 25.2. The van der Waals surface area contributed by atoms with Crippen molar-refractivity contribution >= 4 is 11.9 Å². The summed E-state index contributed by atoms with van der Waals surface area (Å²) in [6, 6.07) is 9.77. The van der Waals surface area contributed by atoms with Crippen molar-refractivity contribution in [1.29, 1.82) is 0 Å². The van der Waals surface area contributed by atoms with Gasteiger partial charge in [-0.1, -0.05) is 30.3 Å². The van der Waals surface area contributed by atoms with Crippen molar-refractivity contribution in [3.05, 3.63) is 35.9 Å². The van der Waals surface area contributed by atoms with Gasteiger partial charge in [0, 0.05) is 19.5 Å². The Bertz CT molecular complexity index is 459. The monoisotopic (exact) mass is 307 g/mol. The normalized spacial score (nSPS) is 11.8. The molecular formula is C17H25NO4. The highest BCUT2D eigenvalue weighted by Gasteiger charge is 2.17. The molecule has 0 fully saturated rings. The van der Waals surface area contributed by atoms with Crippen LogP contribution in [0.1, 0.15) is 32.3 Å². The molecule has 0 radical (unpaired) electrons. The highest BCUT2D eigenvalue weighted by molar-refractivity contribution is 5.77. The minimum atomic E-state index is -0.622. The largest absolute Gasteiger partial charge is 0.466 e. The predicted octanol–water partition coefficient (Wildman–Crippen LogP) is 1.78. The van der Waals surface area contributed by atoms with Crippen LogP contribution >= 0.6 is 0 Å². The SMILES string of the molecule is CCOC(=O)CCN(CC(C)O)C(=O)CCc1ccccc1. The standard InChI is InChI=1S/C17H25NO4/c1-3-22-17(21)11-12-18(13-14(2)19)16(20)10-9-15-7-5-4-6-8-15/h4-8,14,19H,3,9-13H2,1-2H3. The highest BCUT2D eigenvalue weighted by Crippen LogP contribution is 2.06. The molecule has 0 aromatic heterocycles. The molecular weight excluding hydrogens is 282 g/mol. The second kappa shape index (κ2) is 9.95. The zero-order valence-electron chi connectivity index (χ0n) is 13.3. The van der Waals surface area contributed by atoms with Gasteiger partial charge >= 0.3 is 5.97 Å². The van der Waals surface area contributed by atoms with Crippen LogP contribution in [0.2, 0.25) is 0 Å². The number of carbonyl (C=O) groups is 2. The summed E-state index contributed by atoms with van der Waals surface area (Å²) < 4.78 is 4.87. The van der Waals surface area contributed by atoms with Crippen molar-refractivity contribution in [2.24, 2.45) is 0 Å². The van der Waals surface area contributed by atoms with E-state index in [2.05, 4.69) is 0 Å². The lowest BCUT2D eigenvalue weighted by Crippen LogP contribution is -2.38. The van der Waals surface area contributed by atoms with Gasteiger partial charge in [-0.3, -0.25) is 9.59 Å².